The zero-order chi connectivity index (χ0) is 22.6. The smallest absolute Gasteiger partial charge is 0.140 e. The van der Waals surface area contributed by atoms with Gasteiger partial charge in [-0.3, -0.25) is 0 Å². The molecule has 0 saturated carbocycles. The standard InChI is InChI=1S/C30H26FN/c1-2-3-4-5-6-7-24-8-10-25(11-9-24)12-15-27-19-21-29(30(31)22-27)20-18-26-13-16-28(23-32)17-14-26/h8-11,13-14,16-17,19,21-22H,2-7H2,1H3. The molecule has 0 radical (unpaired) electrons. The van der Waals surface area contributed by atoms with Gasteiger partial charge in [-0.1, -0.05) is 68.4 Å². The van der Waals surface area contributed by atoms with Crippen LogP contribution in [-0.4, -0.2) is 0 Å². The minimum Gasteiger partial charge on any atom is -0.206 e. The molecule has 0 heterocycles. The van der Waals surface area contributed by atoms with E-state index < -0.39 is 5.82 Å². The van der Waals surface area contributed by atoms with E-state index in [2.05, 4.69) is 48.8 Å². The topological polar surface area (TPSA) is 23.8 Å². The largest absolute Gasteiger partial charge is 0.206 e. The van der Waals surface area contributed by atoms with Crippen molar-refractivity contribution in [3.63, 3.8) is 0 Å². The van der Waals surface area contributed by atoms with E-state index in [1.807, 2.05) is 12.1 Å². The van der Waals surface area contributed by atoms with Crippen molar-refractivity contribution in [2.24, 2.45) is 0 Å². The second kappa shape index (κ2) is 12.2. The molecule has 3 aromatic rings. The molecule has 2 heteroatoms. The summed E-state index contributed by atoms with van der Waals surface area (Å²) < 4.78 is 14.4. The van der Waals surface area contributed by atoms with Gasteiger partial charge in [0.05, 0.1) is 17.2 Å². The predicted octanol–water partition coefficient (Wildman–Crippen LogP) is 7.01. The van der Waals surface area contributed by atoms with E-state index in [4.69, 9.17) is 5.26 Å². The van der Waals surface area contributed by atoms with E-state index in [1.165, 1.54) is 43.7 Å². The molecule has 158 valence electrons. The molecule has 0 saturated heterocycles. The van der Waals surface area contributed by atoms with Crippen LogP contribution in [0, 0.1) is 40.8 Å². The Bertz CT molecular complexity index is 1190. The molecule has 32 heavy (non-hydrogen) atoms. The molecular formula is C30H26FN. The molecule has 3 rings (SSSR count). The molecule has 0 fully saturated rings. The van der Waals surface area contributed by atoms with Gasteiger partial charge in [-0.05, 0) is 73.0 Å². The number of aryl methyl sites for hydroxylation is 1. The van der Waals surface area contributed by atoms with Crippen molar-refractivity contribution < 1.29 is 4.39 Å². The van der Waals surface area contributed by atoms with E-state index in [-0.39, 0.29) is 0 Å². The number of nitrogens with zero attached hydrogens (tertiary/aromatic N) is 1. The van der Waals surface area contributed by atoms with Crippen molar-refractivity contribution in [1.29, 1.82) is 5.26 Å². The summed E-state index contributed by atoms with van der Waals surface area (Å²) in [6.07, 6.45) is 7.52. The first-order valence-corrected chi connectivity index (χ1v) is 11.1. The summed E-state index contributed by atoms with van der Waals surface area (Å²) in [6.45, 7) is 2.23. The van der Waals surface area contributed by atoms with Crippen LogP contribution in [0.1, 0.15) is 72.4 Å². The van der Waals surface area contributed by atoms with Crippen molar-refractivity contribution in [2.45, 2.75) is 45.4 Å². The zero-order valence-corrected chi connectivity index (χ0v) is 18.4. The Hall–Kier alpha value is -3.80. The van der Waals surface area contributed by atoms with E-state index in [0.29, 0.717) is 16.7 Å². The van der Waals surface area contributed by atoms with Crippen LogP contribution in [0.4, 0.5) is 4.39 Å². The number of halogens is 1. The molecule has 0 amide bonds. The predicted molar refractivity (Wildman–Crippen MR) is 128 cm³/mol. The van der Waals surface area contributed by atoms with Crippen LogP contribution in [0.3, 0.4) is 0 Å². The SMILES string of the molecule is CCCCCCCc1ccc(C#Cc2ccc(C#Cc3ccc(C#N)cc3)c(F)c2)cc1. The van der Waals surface area contributed by atoms with Crippen LogP contribution >= 0.6 is 0 Å². The lowest BCUT2D eigenvalue weighted by Gasteiger charge is -2.02. The highest BCUT2D eigenvalue weighted by atomic mass is 19.1. The molecule has 0 aliphatic heterocycles. The van der Waals surface area contributed by atoms with Crippen molar-refractivity contribution >= 4 is 0 Å². The van der Waals surface area contributed by atoms with Gasteiger partial charge in [0.15, 0.2) is 0 Å². The molecule has 0 N–H and O–H groups in total. The monoisotopic (exact) mass is 419 g/mol. The maximum absolute atomic E-state index is 14.4. The van der Waals surface area contributed by atoms with Crippen molar-refractivity contribution in [3.8, 4) is 29.8 Å². The summed E-state index contributed by atoms with van der Waals surface area (Å²) in [5.41, 5.74) is 4.50. The third-order valence-corrected chi connectivity index (χ3v) is 5.20. The van der Waals surface area contributed by atoms with Crippen LogP contribution < -0.4 is 0 Å². The van der Waals surface area contributed by atoms with Gasteiger partial charge >= 0.3 is 0 Å². The molecule has 0 unspecified atom stereocenters. The average Bonchev–Trinajstić information content (AvgIpc) is 2.83. The Labute approximate surface area is 190 Å². The number of benzene rings is 3. The van der Waals surface area contributed by atoms with E-state index in [0.717, 1.165) is 17.5 Å². The fourth-order valence-corrected chi connectivity index (χ4v) is 3.29. The Morgan fingerprint density at radius 2 is 1.22 bits per heavy atom. The second-order valence-corrected chi connectivity index (χ2v) is 7.74. The zero-order valence-electron chi connectivity index (χ0n) is 18.4. The summed E-state index contributed by atoms with van der Waals surface area (Å²) in [6, 6.07) is 22.1. The number of unbranched alkanes of at least 4 members (excludes halogenated alkanes) is 4. The molecule has 0 aliphatic carbocycles. The van der Waals surface area contributed by atoms with Gasteiger partial charge in [0.1, 0.15) is 5.82 Å². The molecule has 1 nitrogen and oxygen atoms in total. The van der Waals surface area contributed by atoms with E-state index in [9.17, 15) is 4.39 Å². The second-order valence-electron chi connectivity index (χ2n) is 7.74. The number of hydrogen-bond donors (Lipinski definition) is 0. The van der Waals surface area contributed by atoms with Gasteiger partial charge in [-0.25, -0.2) is 4.39 Å². The first kappa shape index (κ1) is 22.9. The molecular weight excluding hydrogens is 393 g/mol. The highest BCUT2D eigenvalue weighted by Gasteiger charge is 2.00. The number of hydrogen-bond acceptors (Lipinski definition) is 1. The van der Waals surface area contributed by atoms with Crippen LogP contribution in [0.5, 0.6) is 0 Å². The van der Waals surface area contributed by atoms with Crippen LogP contribution in [0.15, 0.2) is 66.7 Å². The Morgan fingerprint density at radius 3 is 1.88 bits per heavy atom. The van der Waals surface area contributed by atoms with Gasteiger partial charge in [0.25, 0.3) is 0 Å². The third kappa shape index (κ3) is 7.16. The van der Waals surface area contributed by atoms with Gasteiger partial charge in [0.2, 0.25) is 0 Å². The van der Waals surface area contributed by atoms with Crippen LogP contribution in [0.25, 0.3) is 0 Å². The summed E-state index contributed by atoms with van der Waals surface area (Å²) in [5.74, 6) is 11.5. The Morgan fingerprint density at radius 1 is 0.656 bits per heavy atom. The lowest BCUT2D eigenvalue weighted by Crippen LogP contribution is -1.87. The minimum atomic E-state index is -0.392. The number of nitriles is 1. The quantitative estimate of drug-likeness (QED) is 0.311. The average molecular weight is 420 g/mol. The molecule has 0 spiro atoms. The van der Waals surface area contributed by atoms with Crippen LogP contribution in [0.2, 0.25) is 0 Å². The molecule has 0 aromatic heterocycles. The Balaban J connectivity index is 1.60. The number of rotatable bonds is 6. The lowest BCUT2D eigenvalue weighted by atomic mass is 10.0. The van der Waals surface area contributed by atoms with E-state index in [1.54, 1.807) is 36.4 Å². The van der Waals surface area contributed by atoms with E-state index >= 15 is 0 Å². The summed E-state index contributed by atoms with van der Waals surface area (Å²) in [5, 5.41) is 8.84. The minimum absolute atomic E-state index is 0.322. The fraction of sp³-hybridized carbons (Fsp3) is 0.233. The third-order valence-electron chi connectivity index (χ3n) is 5.20. The maximum atomic E-state index is 14.4. The van der Waals surface area contributed by atoms with Crippen molar-refractivity contribution in [3.05, 3.63) is 106 Å². The highest BCUT2D eigenvalue weighted by molar-refractivity contribution is 5.49. The van der Waals surface area contributed by atoms with Gasteiger partial charge < -0.3 is 0 Å². The van der Waals surface area contributed by atoms with Gasteiger partial charge in [-0.2, -0.15) is 5.26 Å². The highest BCUT2D eigenvalue weighted by Crippen LogP contribution is 2.12. The Kier molecular flexibility index (Phi) is 8.69. The first-order chi connectivity index (χ1) is 15.7. The molecule has 0 atom stereocenters. The normalized spacial score (nSPS) is 9.78. The van der Waals surface area contributed by atoms with Gasteiger partial charge in [0, 0.05) is 16.7 Å². The summed E-state index contributed by atoms with van der Waals surface area (Å²) >= 11 is 0. The molecule has 0 bridgehead atoms. The molecule has 0 aliphatic rings. The summed E-state index contributed by atoms with van der Waals surface area (Å²) in [4.78, 5) is 0. The van der Waals surface area contributed by atoms with Crippen LogP contribution in [-0.2, 0) is 6.42 Å². The lowest BCUT2D eigenvalue weighted by molar-refractivity contribution is 0.624. The van der Waals surface area contributed by atoms with Crippen molar-refractivity contribution in [1.82, 2.24) is 0 Å². The van der Waals surface area contributed by atoms with Gasteiger partial charge in [-0.15, -0.1) is 0 Å². The first-order valence-electron chi connectivity index (χ1n) is 11.1. The maximum Gasteiger partial charge on any atom is 0.140 e. The molecule has 3 aromatic carbocycles. The van der Waals surface area contributed by atoms with Crippen molar-refractivity contribution in [2.75, 3.05) is 0 Å². The summed E-state index contributed by atoms with van der Waals surface area (Å²) in [7, 11) is 0. The fourth-order valence-electron chi connectivity index (χ4n) is 3.29.